The molecule has 0 heterocycles. The molecule has 0 fully saturated rings. The quantitative estimate of drug-likeness (QED) is 0.617. The molecule has 1 N–H and O–H groups in total. The van der Waals surface area contributed by atoms with E-state index >= 15 is 0 Å². The highest BCUT2D eigenvalue weighted by Crippen LogP contribution is 2.18. The van der Waals surface area contributed by atoms with Crippen molar-refractivity contribution in [1.29, 1.82) is 0 Å². The maximum Gasteiger partial charge on any atom is 0.0700 e. The van der Waals surface area contributed by atoms with Gasteiger partial charge in [-0.05, 0) is 26.2 Å². The van der Waals surface area contributed by atoms with Crippen LogP contribution in [0, 0.1) is 5.92 Å². The van der Waals surface area contributed by atoms with Crippen LogP contribution in [0.2, 0.25) is 0 Å². The molecule has 0 saturated carbocycles. The zero-order valence-electron chi connectivity index (χ0n) is 9.17. The molecule has 0 bridgehead atoms. The van der Waals surface area contributed by atoms with E-state index in [0.29, 0.717) is 19.8 Å². The molecule has 0 aromatic carbocycles. The highest BCUT2D eigenvalue weighted by molar-refractivity contribution is 4.72. The minimum absolute atomic E-state index is 0.259. The van der Waals surface area contributed by atoms with Crippen molar-refractivity contribution in [3.63, 3.8) is 0 Å². The zero-order chi connectivity index (χ0) is 10.3. The first-order valence-electron chi connectivity index (χ1n) is 4.77. The predicted octanol–water partition coefficient (Wildman–Crippen LogP) is 1.45. The molecule has 13 heavy (non-hydrogen) atoms. The summed E-state index contributed by atoms with van der Waals surface area (Å²) in [4.78, 5) is 0. The first-order chi connectivity index (χ1) is 5.98. The van der Waals surface area contributed by atoms with Gasteiger partial charge in [-0.1, -0.05) is 6.92 Å². The standard InChI is InChI=1S/C10H22O3/c1-9(10(2,3)11)5-6-13-8-7-12-4/h9,11H,5-8H2,1-4H3/t9-/m0/s1. The molecule has 0 spiro atoms. The summed E-state index contributed by atoms with van der Waals surface area (Å²) in [6, 6.07) is 0. The van der Waals surface area contributed by atoms with Gasteiger partial charge < -0.3 is 14.6 Å². The summed E-state index contributed by atoms with van der Waals surface area (Å²) in [5.41, 5.74) is -0.607. The van der Waals surface area contributed by atoms with Crippen LogP contribution in [0.15, 0.2) is 0 Å². The third-order valence-electron chi connectivity index (χ3n) is 2.33. The van der Waals surface area contributed by atoms with Crippen molar-refractivity contribution in [2.45, 2.75) is 32.8 Å². The summed E-state index contributed by atoms with van der Waals surface area (Å²) in [6.45, 7) is 7.64. The Labute approximate surface area is 81.0 Å². The Balaban J connectivity index is 3.32. The molecule has 0 unspecified atom stereocenters. The normalized spacial score (nSPS) is 14.5. The van der Waals surface area contributed by atoms with Gasteiger partial charge in [-0.15, -0.1) is 0 Å². The second-order valence-electron chi connectivity index (χ2n) is 3.95. The Morgan fingerprint density at radius 3 is 2.31 bits per heavy atom. The van der Waals surface area contributed by atoms with E-state index in [4.69, 9.17) is 9.47 Å². The Morgan fingerprint density at radius 2 is 1.85 bits per heavy atom. The van der Waals surface area contributed by atoms with E-state index in [2.05, 4.69) is 0 Å². The van der Waals surface area contributed by atoms with Crippen LogP contribution in [0.5, 0.6) is 0 Å². The van der Waals surface area contributed by atoms with Crippen molar-refractivity contribution in [3.8, 4) is 0 Å². The van der Waals surface area contributed by atoms with Crippen LogP contribution in [0.3, 0.4) is 0 Å². The molecule has 0 aliphatic heterocycles. The highest BCUT2D eigenvalue weighted by atomic mass is 16.5. The smallest absolute Gasteiger partial charge is 0.0700 e. The Hall–Kier alpha value is -0.120. The molecule has 0 aliphatic carbocycles. The van der Waals surface area contributed by atoms with Gasteiger partial charge in [-0.3, -0.25) is 0 Å². The monoisotopic (exact) mass is 190 g/mol. The van der Waals surface area contributed by atoms with Gasteiger partial charge in [0.2, 0.25) is 0 Å². The topological polar surface area (TPSA) is 38.7 Å². The van der Waals surface area contributed by atoms with Gasteiger partial charge in [0.1, 0.15) is 0 Å². The van der Waals surface area contributed by atoms with E-state index in [9.17, 15) is 5.11 Å². The van der Waals surface area contributed by atoms with Crippen LogP contribution in [-0.4, -0.2) is 37.6 Å². The van der Waals surface area contributed by atoms with E-state index < -0.39 is 5.60 Å². The number of hydrogen-bond donors (Lipinski definition) is 1. The second kappa shape index (κ2) is 6.35. The Morgan fingerprint density at radius 1 is 1.23 bits per heavy atom. The maximum absolute atomic E-state index is 9.61. The average molecular weight is 190 g/mol. The van der Waals surface area contributed by atoms with E-state index in [1.54, 1.807) is 7.11 Å². The van der Waals surface area contributed by atoms with Crippen molar-refractivity contribution in [2.75, 3.05) is 26.9 Å². The summed E-state index contributed by atoms with van der Waals surface area (Å²) < 4.78 is 10.1. The molecular weight excluding hydrogens is 168 g/mol. The minimum Gasteiger partial charge on any atom is -0.390 e. The van der Waals surface area contributed by atoms with Crippen molar-refractivity contribution < 1.29 is 14.6 Å². The Bertz CT molecular complexity index is 118. The fourth-order valence-electron chi connectivity index (χ4n) is 0.858. The molecule has 0 rings (SSSR count). The van der Waals surface area contributed by atoms with Gasteiger partial charge in [0.15, 0.2) is 0 Å². The molecular formula is C10H22O3. The lowest BCUT2D eigenvalue weighted by Gasteiger charge is -2.25. The zero-order valence-corrected chi connectivity index (χ0v) is 9.17. The summed E-state index contributed by atoms with van der Waals surface area (Å²) in [5, 5.41) is 9.61. The van der Waals surface area contributed by atoms with Crippen LogP contribution < -0.4 is 0 Å². The lowest BCUT2D eigenvalue weighted by Crippen LogP contribution is -2.29. The second-order valence-corrected chi connectivity index (χ2v) is 3.95. The fourth-order valence-corrected chi connectivity index (χ4v) is 0.858. The third-order valence-corrected chi connectivity index (χ3v) is 2.33. The van der Waals surface area contributed by atoms with E-state index in [1.807, 2.05) is 20.8 Å². The van der Waals surface area contributed by atoms with Crippen LogP contribution in [0.25, 0.3) is 0 Å². The van der Waals surface area contributed by atoms with Gasteiger partial charge in [0.05, 0.1) is 18.8 Å². The molecule has 0 radical (unpaired) electrons. The number of hydrogen-bond acceptors (Lipinski definition) is 3. The van der Waals surface area contributed by atoms with Gasteiger partial charge in [-0.2, -0.15) is 0 Å². The molecule has 0 saturated heterocycles. The number of rotatable bonds is 7. The first-order valence-corrected chi connectivity index (χ1v) is 4.77. The van der Waals surface area contributed by atoms with E-state index in [0.717, 1.165) is 6.42 Å². The van der Waals surface area contributed by atoms with Crippen molar-refractivity contribution in [1.82, 2.24) is 0 Å². The van der Waals surface area contributed by atoms with Gasteiger partial charge in [-0.25, -0.2) is 0 Å². The summed E-state index contributed by atoms with van der Waals surface area (Å²) in [6.07, 6.45) is 0.882. The molecule has 0 aromatic rings. The molecule has 3 nitrogen and oxygen atoms in total. The maximum atomic E-state index is 9.61. The molecule has 1 atom stereocenters. The minimum atomic E-state index is -0.607. The third kappa shape index (κ3) is 6.99. The van der Waals surface area contributed by atoms with Crippen molar-refractivity contribution >= 4 is 0 Å². The number of ether oxygens (including phenoxy) is 2. The van der Waals surface area contributed by atoms with Crippen LogP contribution in [0.1, 0.15) is 27.2 Å². The molecule has 80 valence electrons. The lowest BCUT2D eigenvalue weighted by molar-refractivity contribution is 0.000982. The predicted molar refractivity (Wildman–Crippen MR) is 52.8 cm³/mol. The molecule has 0 amide bonds. The number of methoxy groups -OCH3 is 1. The molecule has 0 aliphatic rings. The SMILES string of the molecule is COCCOCC[C@H](C)C(C)(C)O. The largest absolute Gasteiger partial charge is 0.390 e. The van der Waals surface area contributed by atoms with Crippen LogP contribution in [0.4, 0.5) is 0 Å². The average Bonchev–Trinajstić information content (AvgIpc) is 2.02. The number of aliphatic hydroxyl groups is 1. The lowest BCUT2D eigenvalue weighted by atomic mass is 9.90. The van der Waals surface area contributed by atoms with Crippen molar-refractivity contribution in [2.24, 2.45) is 5.92 Å². The van der Waals surface area contributed by atoms with Crippen LogP contribution >= 0.6 is 0 Å². The fraction of sp³-hybridized carbons (Fsp3) is 1.00. The van der Waals surface area contributed by atoms with Gasteiger partial charge >= 0.3 is 0 Å². The van der Waals surface area contributed by atoms with E-state index in [-0.39, 0.29) is 5.92 Å². The summed E-state index contributed by atoms with van der Waals surface area (Å²) in [5.74, 6) is 0.259. The summed E-state index contributed by atoms with van der Waals surface area (Å²) in [7, 11) is 1.66. The molecule has 0 aromatic heterocycles. The van der Waals surface area contributed by atoms with Crippen molar-refractivity contribution in [3.05, 3.63) is 0 Å². The first kappa shape index (κ1) is 12.9. The van der Waals surface area contributed by atoms with Gasteiger partial charge in [0, 0.05) is 13.7 Å². The highest BCUT2D eigenvalue weighted by Gasteiger charge is 2.21. The van der Waals surface area contributed by atoms with Gasteiger partial charge in [0.25, 0.3) is 0 Å². The molecule has 3 heteroatoms. The summed E-state index contributed by atoms with van der Waals surface area (Å²) >= 11 is 0. The van der Waals surface area contributed by atoms with Crippen LogP contribution in [-0.2, 0) is 9.47 Å². The van der Waals surface area contributed by atoms with E-state index in [1.165, 1.54) is 0 Å². The Kier molecular flexibility index (Phi) is 6.29.